The fourth-order valence-corrected chi connectivity index (χ4v) is 4.36. The number of anilines is 1. The molecule has 0 radical (unpaired) electrons. The van der Waals surface area contributed by atoms with Crippen molar-refractivity contribution < 1.29 is 9.59 Å². The molecule has 2 aliphatic heterocycles. The molecule has 2 aromatic heterocycles. The first-order chi connectivity index (χ1) is 13.2. The fourth-order valence-electron chi connectivity index (χ4n) is 3.49. The number of rotatable bonds is 5. The zero-order chi connectivity index (χ0) is 18.6. The van der Waals surface area contributed by atoms with Crippen molar-refractivity contribution in [1.82, 2.24) is 19.8 Å². The number of carbonyl (C=O) groups is 2. The van der Waals surface area contributed by atoms with Gasteiger partial charge in [-0.2, -0.15) is 0 Å². The van der Waals surface area contributed by atoms with Crippen LogP contribution in [0.5, 0.6) is 0 Å². The van der Waals surface area contributed by atoms with E-state index in [9.17, 15) is 9.59 Å². The molecule has 27 heavy (non-hydrogen) atoms. The SMILES string of the molecule is O=C(Cc1csc(N2CCCC2=O)n1)N1CCN(Cc2ccccn2)CC1. The van der Waals surface area contributed by atoms with E-state index in [1.807, 2.05) is 34.7 Å². The molecule has 4 heterocycles. The molecular formula is C19H23N5O2S. The Kier molecular flexibility index (Phi) is 5.45. The van der Waals surface area contributed by atoms with Crippen molar-refractivity contribution in [1.29, 1.82) is 0 Å². The number of aromatic nitrogens is 2. The van der Waals surface area contributed by atoms with Crippen LogP contribution in [0.25, 0.3) is 0 Å². The standard InChI is InChI=1S/C19H23N5O2S/c25-17-5-3-7-24(17)19-21-16(14-27-19)12-18(26)23-10-8-22(9-11-23)13-15-4-1-2-6-20-15/h1-2,4,6,14H,3,5,7-13H2. The Balaban J connectivity index is 1.27. The topological polar surface area (TPSA) is 69.6 Å². The van der Waals surface area contributed by atoms with Gasteiger partial charge in [0.25, 0.3) is 0 Å². The largest absolute Gasteiger partial charge is 0.340 e. The van der Waals surface area contributed by atoms with E-state index >= 15 is 0 Å². The van der Waals surface area contributed by atoms with Crippen molar-refractivity contribution in [2.45, 2.75) is 25.8 Å². The molecule has 2 aliphatic rings. The first kappa shape index (κ1) is 18.1. The van der Waals surface area contributed by atoms with Crippen LogP contribution in [-0.2, 0) is 22.6 Å². The number of pyridine rings is 1. The summed E-state index contributed by atoms with van der Waals surface area (Å²) < 4.78 is 0. The molecular weight excluding hydrogens is 362 g/mol. The summed E-state index contributed by atoms with van der Waals surface area (Å²) >= 11 is 1.45. The Hall–Kier alpha value is -2.32. The predicted molar refractivity (Wildman–Crippen MR) is 103 cm³/mol. The van der Waals surface area contributed by atoms with Gasteiger partial charge in [-0.05, 0) is 18.6 Å². The van der Waals surface area contributed by atoms with Gasteiger partial charge < -0.3 is 4.90 Å². The highest BCUT2D eigenvalue weighted by molar-refractivity contribution is 7.14. The lowest BCUT2D eigenvalue weighted by molar-refractivity contribution is -0.132. The highest BCUT2D eigenvalue weighted by Crippen LogP contribution is 2.25. The molecule has 4 rings (SSSR count). The summed E-state index contributed by atoms with van der Waals surface area (Å²) in [5.41, 5.74) is 1.82. The molecule has 0 unspecified atom stereocenters. The molecule has 2 fully saturated rings. The van der Waals surface area contributed by atoms with Crippen molar-refractivity contribution in [2.75, 3.05) is 37.6 Å². The Morgan fingerprint density at radius 2 is 1.96 bits per heavy atom. The highest BCUT2D eigenvalue weighted by Gasteiger charge is 2.26. The van der Waals surface area contributed by atoms with Gasteiger partial charge in [-0.15, -0.1) is 11.3 Å². The van der Waals surface area contributed by atoms with Gasteiger partial charge in [0.2, 0.25) is 11.8 Å². The minimum atomic E-state index is 0.108. The van der Waals surface area contributed by atoms with Crippen molar-refractivity contribution >= 4 is 28.3 Å². The Labute approximate surface area is 162 Å². The molecule has 0 saturated carbocycles. The van der Waals surface area contributed by atoms with Crippen molar-refractivity contribution in [3.8, 4) is 0 Å². The van der Waals surface area contributed by atoms with Crippen LogP contribution >= 0.6 is 11.3 Å². The molecule has 8 heteroatoms. The molecule has 2 amide bonds. The lowest BCUT2D eigenvalue weighted by Crippen LogP contribution is -2.48. The average molecular weight is 385 g/mol. The summed E-state index contributed by atoms with van der Waals surface area (Å²) in [7, 11) is 0. The van der Waals surface area contributed by atoms with E-state index in [4.69, 9.17) is 0 Å². The summed E-state index contributed by atoms with van der Waals surface area (Å²) in [5.74, 6) is 0.239. The van der Waals surface area contributed by atoms with Gasteiger partial charge in [-0.1, -0.05) is 6.07 Å². The quantitative estimate of drug-likeness (QED) is 0.781. The zero-order valence-electron chi connectivity index (χ0n) is 15.2. The first-order valence-electron chi connectivity index (χ1n) is 9.34. The fraction of sp³-hybridized carbons (Fsp3) is 0.474. The number of thiazole rings is 1. The maximum atomic E-state index is 12.6. The average Bonchev–Trinajstić information content (AvgIpc) is 3.32. The van der Waals surface area contributed by atoms with Crippen LogP contribution in [0.2, 0.25) is 0 Å². The van der Waals surface area contributed by atoms with Gasteiger partial charge >= 0.3 is 0 Å². The third-order valence-corrected chi connectivity index (χ3v) is 5.93. The normalized spacial score (nSPS) is 18.3. The van der Waals surface area contributed by atoms with E-state index in [1.165, 1.54) is 11.3 Å². The van der Waals surface area contributed by atoms with Gasteiger partial charge in [-0.25, -0.2) is 4.98 Å². The Morgan fingerprint density at radius 3 is 2.67 bits per heavy atom. The first-order valence-corrected chi connectivity index (χ1v) is 10.2. The Bertz CT molecular complexity index is 801. The van der Waals surface area contributed by atoms with E-state index in [1.54, 1.807) is 4.90 Å². The number of carbonyl (C=O) groups excluding carboxylic acids is 2. The molecule has 142 valence electrons. The van der Waals surface area contributed by atoms with E-state index in [-0.39, 0.29) is 11.8 Å². The molecule has 2 saturated heterocycles. The number of hydrogen-bond donors (Lipinski definition) is 0. The molecule has 0 N–H and O–H groups in total. The second kappa shape index (κ2) is 8.14. The minimum Gasteiger partial charge on any atom is -0.340 e. The highest BCUT2D eigenvalue weighted by atomic mass is 32.1. The van der Waals surface area contributed by atoms with E-state index in [2.05, 4.69) is 14.9 Å². The summed E-state index contributed by atoms with van der Waals surface area (Å²) in [6.07, 6.45) is 3.60. The van der Waals surface area contributed by atoms with Crippen LogP contribution in [0.15, 0.2) is 29.8 Å². The molecule has 0 bridgehead atoms. The van der Waals surface area contributed by atoms with Gasteiger partial charge in [-0.3, -0.25) is 24.4 Å². The summed E-state index contributed by atoms with van der Waals surface area (Å²) in [6, 6.07) is 5.95. The van der Waals surface area contributed by atoms with E-state index in [0.29, 0.717) is 12.8 Å². The van der Waals surface area contributed by atoms with Crippen molar-refractivity contribution in [3.05, 3.63) is 41.2 Å². The zero-order valence-corrected chi connectivity index (χ0v) is 16.0. The van der Waals surface area contributed by atoms with Crippen molar-refractivity contribution in [3.63, 3.8) is 0 Å². The third-order valence-electron chi connectivity index (χ3n) is 5.01. The van der Waals surface area contributed by atoms with Gasteiger partial charge in [0, 0.05) is 57.3 Å². The molecule has 0 spiro atoms. The van der Waals surface area contributed by atoms with Crippen LogP contribution < -0.4 is 4.90 Å². The monoisotopic (exact) mass is 385 g/mol. The lowest BCUT2D eigenvalue weighted by atomic mass is 10.2. The lowest BCUT2D eigenvalue weighted by Gasteiger charge is -2.34. The summed E-state index contributed by atoms with van der Waals surface area (Å²) in [5, 5.41) is 2.62. The number of piperazine rings is 1. The van der Waals surface area contributed by atoms with Crippen molar-refractivity contribution in [2.24, 2.45) is 0 Å². The molecule has 7 nitrogen and oxygen atoms in total. The van der Waals surface area contributed by atoms with E-state index in [0.717, 1.165) is 62.2 Å². The van der Waals surface area contributed by atoms with Gasteiger partial charge in [0.15, 0.2) is 5.13 Å². The molecule has 0 atom stereocenters. The van der Waals surface area contributed by atoms with Crippen LogP contribution in [0, 0.1) is 0 Å². The number of nitrogens with zero attached hydrogens (tertiary/aromatic N) is 5. The minimum absolute atomic E-state index is 0.108. The van der Waals surface area contributed by atoms with Crippen LogP contribution in [0.3, 0.4) is 0 Å². The predicted octanol–water partition coefficient (Wildman–Crippen LogP) is 1.55. The smallest absolute Gasteiger partial charge is 0.228 e. The summed E-state index contributed by atoms with van der Waals surface area (Å²) in [6.45, 7) is 4.72. The third kappa shape index (κ3) is 4.33. The number of hydrogen-bond acceptors (Lipinski definition) is 6. The summed E-state index contributed by atoms with van der Waals surface area (Å²) in [4.78, 5) is 39.3. The van der Waals surface area contributed by atoms with Crippen LogP contribution in [0.4, 0.5) is 5.13 Å². The van der Waals surface area contributed by atoms with Crippen LogP contribution in [-0.4, -0.2) is 64.3 Å². The van der Waals surface area contributed by atoms with Crippen LogP contribution in [0.1, 0.15) is 24.2 Å². The molecule has 0 aliphatic carbocycles. The van der Waals surface area contributed by atoms with E-state index < -0.39 is 0 Å². The maximum absolute atomic E-state index is 12.6. The second-order valence-corrected chi connectivity index (χ2v) is 7.76. The maximum Gasteiger partial charge on any atom is 0.228 e. The number of amides is 2. The second-order valence-electron chi connectivity index (χ2n) is 6.93. The molecule has 2 aromatic rings. The van der Waals surface area contributed by atoms with Gasteiger partial charge in [0.05, 0.1) is 17.8 Å². The molecule has 0 aromatic carbocycles. The Morgan fingerprint density at radius 1 is 1.11 bits per heavy atom. The van der Waals surface area contributed by atoms with Gasteiger partial charge in [0.1, 0.15) is 0 Å².